The molecule has 0 spiro atoms. The number of pyridine rings is 1. The van der Waals surface area contributed by atoms with Crippen molar-refractivity contribution >= 4 is 39.8 Å². The first-order chi connectivity index (χ1) is 15.3. The Hall–Kier alpha value is -3.64. The fourth-order valence-corrected chi connectivity index (χ4v) is 3.78. The summed E-state index contributed by atoms with van der Waals surface area (Å²) in [5, 5.41) is 1.01. The largest absolute Gasteiger partial charge is 0.378 e. The van der Waals surface area contributed by atoms with Gasteiger partial charge in [0.05, 0.1) is 12.1 Å². The van der Waals surface area contributed by atoms with E-state index in [4.69, 9.17) is 11.6 Å². The molecule has 1 aromatic heterocycles. The minimum absolute atomic E-state index is 0.0679. The number of halogens is 2. The molecule has 162 valence electrons. The van der Waals surface area contributed by atoms with E-state index in [1.54, 1.807) is 48.5 Å². The fraction of sp³-hybridized carbons (Fsp3) is 0.120. The van der Waals surface area contributed by atoms with Crippen LogP contribution >= 0.6 is 11.6 Å². The number of amides is 1. The molecule has 1 N–H and O–H groups in total. The number of hydrogen-bond donors (Lipinski definition) is 1. The molecule has 3 aromatic carbocycles. The summed E-state index contributed by atoms with van der Waals surface area (Å²) >= 11 is 6.19. The van der Waals surface area contributed by atoms with E-state index >= 15 is 0 Å². The van der Waals surface area contributed by atoms with Crippen LogP contribution in [0.2, 0.25) is 5.02 Å². The van der Waals surface area contributed by atoms with Crippen molar-refractivity contribution in [1.29, 1.82) is 0 Å². The van der Waals surface area contributed by atoms with Crippen LogP contribution in [0.5, 0.6) is 0 Å². The summed E-state index contributed by atoms with van der Waals surface area (Å²) in [6.45, 7) is 0.0679. The first-order valence-electron chi connectivity index (χ1n) is 9.99. The minimum Gasteiger partial charge on any atom is -0.378 e. The van der Waals surface area contributed by atoms with Crippen LogP contribution in [0.3, 0.4) is 0 Å². The number of aromatic amines is 1. The number of benzene rings is 3. The van der Waals surface area contributed by atoms with Crippen molar-refractivity contribution in [3.63, 3.8) is 0 Å². The summed E-state index contributed by atoms with van der Waals surface area (Å²) in [6, 6.07) is 20.1. The second-order valence-corrected chi connectivity index (χ2v) is 8.07. The maximum absolute atomic E-state index is 14.3. The summed E-state index contributed by atoms with van der Waals surface area (Å²) in [5.74, 6) is -0.788. The summed E-state index contributed by atoms with van der Waals surface area (Å²) in [5.41, 5.74) is 2.23. The summed E-state index contributed by atoms with van der Waals surface area (Å²) in [4.78, 5) is 31.8. The maximum Gasteiger partial charge on any atom is 0.258 e. The van der Waals surface area contributed by atoms with Gasteiger partial charge in [-0.3, -0.25) is 9.59 Å². The van der Waals surface area contributed by atoms with Gasteiger partial charge in [0.1, 0.15) is 5.82 Å². The van der Waals surface area contributed by atoms with Crippen molar-refractivity contribution in [1.82, 2.24) is 4.98 Å². The van der Waals surface area contributed by atoms with E-state index in [2.05, 4.69) is 4.98 Å². The number of fused-ring (bicyclic) bond motifs is 1. The fourth-order valence-electron chi connectivity index (χ4n) is 3.60. The summed E-state index contributed by atoms with van der Waals surface area (Å²) in [6.07, 6.45) is 0. The number of para-hydroxylation sites is 1. The van der Waals surface area contributed by atoms with Crippen molar-refractivity contribution in [2.45, 2.75) is 6.54 Å². The maximum atomic E-state index is 14.3. The minimum atomic E-state index is -0.527. The van der Waals surface area contributed by atoms with Crippen LogP contribution in [-0.2, 0) is 6.54 Å². The number of carbonyl (C=O) groups is 1. The Labute approximate surface area is 189 Å². The predicted octanol–water partition coefficient (Wildman–Crippen LogP) is 5.23. The van der Waals surface area contributed by atoms with Gasteiger partial charge in [-0.1, -0.05) is 29.8 Å². The van der Waals surface area contributed by atoms with Gasteiger partial charge in [-0.05, 0) is 54.1 Å². The Morgan fingerprint density at radius 2 is 1.69 bits per heavy atom. The first kappa shape index (κ1) is 21.6. The molecule has 0 aliphatic carbocycles. The highest BCUT2D eigenvalue weighted by molar-refractivity contribution is 6.31. The normalized spacial score (nSPS) is 10.9. The molecule has 0 radical (unpaired) electrons. The van der Waals surface area contributed by atoms with Gasteiger partial charge in [0.15, 0.2) is 0 Å². The van der Waals surface area contributed by atoms with Crippen LogP contribution in [0.15, 0.2) is 77.6 Å². The molecule has 0 saturated heterocycles. The van der Waals surface area contributed by atoms with Crippen molar-refractivity contribution in [3.8, 4) is 0 Å². The Balaban J connectivity index is 1.81. The molecule has 32 heavy (non-hydrogen) atoms. The molecule has 5 nitrogen and oxygen atoms in total. The van der Waals surface area contributed by atoms with E-state index in [1.165, 1.54) is 17.0 Å². The lowest BCUT2D eigenvalue weighted by atomic mass is 10.1. The lowest BCUT2D eigenvalue weighted by Gasteiger charge is -2.24. The van der Waals surface area contributed by atoms with Crippen LogP contribution in [-0.4, -0.2) is 25.0 Å². The number of carbonyl (C=O) groups excluding carboxylic acids is 1. The molecular formula is C25H21ClFN3O2. The zero-order chi connectivity index (χ0) is 22.8. The van der Waals surface area contributed by atoms with Crippen molar-refractivity contribution in [2.75, 3.05) is 23.9 Å². The molecule has 0 saturated carbocycles. The van der Waals surface area contributed by atoms with Gasteiger partial charge in [-0.25, -0.2) is 4.39 Å². The van der Waals surface area contributed by atoms with E-state index in [0.717, 1.165) is 5.69 Å². The van der Waals surface area contributed by atoms with E-state index in [0.29, 0.717) is 27.2 Å². The van der Waals surface area contributed by atoms with Gasteiger partial charge < -0.3 is 14.8 Å². The Bertz CT molecular complexity index is 1350. The molecule has 4 aromatic rings. The van der Waals surface area contributed by atoms with E-state index in [-0.39, 0.29) is 18.0 Å². The summed E-state index contributed by atoms with van der Waals surface area (Å²) < 4.78 is 14.3. The lowest BCUT2D eigenvalue weighted by molar-refractivity contribution is 0.0985. The average molecular weight is 450 g/mol. The molecular weight excluding hydrogens is 429 g/mol. The second-order valence-electron chi connectivity index (χ2n) is 7.63. The molecule has 1 amide bonds. The topological polar surface area (TPSA) is 56.4 Å². The van der Waals surface area contributed by atoms with Crippen LogP contribution in [0.4, 0.5) is 15.8 Å². The highest BCUT2D eigenvalue weighted by Crippen LogP contribution is 2.26. The van der Waals surface area contributed by atoms with Crippen molar-refractivity contribution < 1.29 is 9.18 Å². The number of rotatable bonds is 5. The van der Waals surface area contributed by atoms with Crippen molar-refractivity contribution in [2.24, 2.45) is 0 Å². The highest BCUT2D eigenvalue weighted by atomic mass is 35.5. The summed E-state index contributed by atoms with van der Waals surface area (Å²) in [7, 11) is 3.85. The first-order valence-corrected chi connectivity index (χ1v) is 10.4. The lowest BCUT2D eigenvalue weighted by Crippen LogP contribution is -2.31. The standard InChI is InChI=1S/C25H21ClFN3O2/c1-29(2)19-11-9-16(10-12-19)25(32)30(20-6-3-5-18(26)14-20)15-17-13-23(31)28-24-21(17)7-4-8-22(24)27/h3-14H,15H2,1-2H3,(H,28,31). The smallest absolute Gasteiger partial charge is 0.258 e. The zero-order valence-corrected chi connectivity index (χ0v) is 18.4. The second kappa shape index (κ2) is 8.85. The number of nitrogens with one attached hydrogen (secondary N) is 1. The molecule has 7 heteroatoms. The number of nitrogens with zero attached hydrogens (tertiary/aromatic N) is 2. The van der Waals surface area contributed by atoms with Gasteiger partial charge in [-0.15, -0.1) is 0 Å². The van der Waals surface area contributed by atoms with Crippen LogP contribution in [0.25, 0.3) is 10.9 Å². The highest BCUT2D eigenvalue weighted by Gasteiger charge is 2.20. The molecule has 1 heterocycles. The molecule has 0 aliphatic heterocycles. The molecule has 0 atom stereocenters. The quantitative estimate of drug-likeness (QED) is 0.453. The Morgan fingerprint density at radius 3 is 2.38 bits per heavy atom. The third-order valence-electron chi connectivity index (χ3n) is 5.24. The zero-order valence-electron chi connectivity index (χ0n) is 17.6. The van der Waals surface area contributed by atoms with E-state index < -0.39 is 11.4 Å². The number of H-pyrrole nitrogens is 1. The Kier molecular flexibility index (Phi) is 5.97. The third kappa shape index (κ3) is 4.36. The Morgan fingerprint density at radius 1 is 0.969 bits per heavy atom. The monoisotopic (exact) mass is 449 g/mol. The molecule has 0 unspecified atom stereocenters. The number of aromatic nitrogens is 1. The van der Waals surface area contributed by atoms with Crippen molar-refractivity contribution in [3.05, 3.63) is 105 Å². The number of anilines is 2. The van der Waals surface area contributed by atoms with Gasteiger partial charge >= 0.3 is 0 Å². The van der Waals surface area contributed by atoms with Gasteiger partial charge in [0.2, 0.25) is 5.56 Å². The number of hydrogen-bond acceptors (Lipinski definition) is 3. The van der Waals surface area contributed by atoms with Crippen LogP contribution < -0.4 is 15.4 Å². The third-order valence-corrected chi connectivity index (χ3v) is 5.47. The molecule has 0 fully saturated rings. The van der Waals surface area contributed by atoms with Crippen LogP contribution in [0, 0.1) is 5.82 Å². The predicted molar refractivity (Wildman–Crippen MR) is 127 cm³/mol. The molecule has 0 bridgehead atoms. The van der Waals surface area contributed by atoms with Gasteiger partial charge in [0.25, 0.3) is 5.91 Å². The molecule has 0 aliphatic rings. The van der Waals surface area contributed by atoms with Gasteiger partial charge in [-0.2, -0.15) is 0 Å². The average Bonchev–Trinajstić information content (AvgIpc) is 2.77. The molecule has 4 rings (SSSR count). The SMILES string of the molecule is CN(C)c1ccc(C(=O)N(Cc2cc(=O)[nH]c3c(F)cccc23)c2cccc(Cl)c2)cc1. The van der Waals surface area contributed by atoms with Crippen LogP contribution in [0.1, 0.15) is 15.9 Å². The van der Waals surface area contributed by atoms with Gasteiger partial charge in [0, 0.05) is 47.5 Å². The van der Waals surface area contributed by atoms with E-state index in [9.17, 15) is 14.0 Å². The van der Waals surface area contributed by atoms with E-state index in [1.807, 2.05) is 31.1 Å².